The maximum atomic E-state index is 12.1. The molecule has 0 aromatic heterocycles. The summed E-state index contributed by atoms with van der Waals surface area (Å²) in [7, 11) is -3.76. The minimum Gasteiger partial charge on any atom is -0.274 e. The number of hydrogen-bond acceptors (Lipinski definition) is 3. The van der Waals surface area contributed by atoms with E-state index in [1.165, 1.54) is 6.07 Å². The Bertz CT molecular complexity index is 549. The first-order valence-corrected chi connectivity index (χ1v) is 7.40. The quantitative estimate of drug-likeness (QED) is 0.911. The molecule has 0 heterocycles. The molecule has 0 saturated carbocycles. The lowest BCUT2D eigenvalue weighted by molar-refractivity contribution is -0.122. The fraction of sp³-hybridized carbons (Fsp3) is 0.462. The van der Waals surface area contributed by atoms with Gasteiger partial charge in [0.25, 0.3) is 10.0 Å². The summed E-state index contributed by atoms with van der Waals surface area (Å²) in [5.41, 5.74) is 1.62. The lowest BCUT2D eigenvalue weighted by Crippen LogP contribution is -2.34. The van der Waals surface area contributed by atoms with Gasteiger partial charge in [-0.05, 0) is 31.9 Å². The second-order valence-electron chi connectivity index (χ2n) is 4.55. The highest BCUT2D eigenvalue weighted by atomic mass is 32.2. The van der Waals surface area contributed by atoms with E-state index in [1.807, 2.05) is 13.8 Å². The molecule has 0 saturated heterocycles. The van der Waals surface area contributed by atoms with Crippen LogP contribution in [0, 0.1) is 19.8 Å². The lowest BCUT2D eigenvalue weighted by Gasteiger charge is -2.12. The first-order chi connectivity index (χ1) is 8.27. The largest absolute Gasteiger partial charge is 0.274 e. The van der Waals surface area contributed by atoms with Crippen molar-refractivity contribution in [3.05, 3.63) is 29.3 Å². The number of carbonyl (C=O) groups excluding carboxylic acids is 1. The van der Waals surface area contributed by atoms with Gasteiger partial charge < -0.3 is 0 Å². The van der Waals surface area contributed by atoms with E-state index in [1.54, 1.807) is 26.0 Å². The van der Waals surface area contributed by atoms with Gasteiger partial charge in [0.15, 0.2) is 0 Å². The van der Waals surface area contributed by atoms with Crippen LogP contribution in [0.15, 0.2) is 23.1 Å². The summed E-state index contributed by atoms with van der Waals surface area (Å²) < 4.78 is 26.2. The van der Waals surface area contributed by atoms with Crippen molar-refractivity contribution in [1.82, 2.24) is 4.72 Å². The molecule has 0 bridgehead atoms. The van der Waals surface area contributed by atoms with Crippen molar-refractivity contribution in [2.24, 2.45) is 5.92 Å². The molecule has 100 valence electrons. The second kappa shape index (κ2) is 5.52. The number of sulfonamides is 1. The van der Waals surface area contributed by atoms with Gasteiger partial charge in [0.1, 0.15) is 0 Å². The highest BCUT2D eigenvalue weighted by Crippen LogP contribution is 2.16. The van der Waals surface area contributed by atoms with E-state index >= 15 is 0 Å². The standard InChI is InChI=1S/C13H19NO3S/c1-5-10(3)13(15)14-18(16,17)12-7-6-9(2)8-11(12)4/h6-8,10H,5H2,1-4H3,(H,14,15). The zero-order valence-electron chi connectivity index (χ0n) is 11.1. The average molecular weight is 269 g/mol. The molecule has 1 N–H and O–H groups in total. The molecule has 0 aliphatic rings. The Morgan fingerprint density at radius 3 is 2.44 bits per heavy atom. The first kappa shape index (κ1) is 14.7. The molecule has 0 radical (unpaired) electrons. The molecule has 4 nitrogen and oxygen atoms in total. The SMILES string of the molecule is CCC(C)C(=O)NS(=O)(=O)c1ccc(C)cc1C. The third-order valence-corrected chi connectivity index (χ3v) is 4.42. The van der Waals surface area contributed by atoms with Gasteiger partial charge in [0, 0.05) is 5.92 Å². The Kier molecular flexibility index (Phi) is 4.51. The van der Waals surface area contributed by atoms with Crippen LogP contribution in [0.3, 0.4) is 0 Å². The normalized spacial score (nSPS) is 13.1. The van der Waals surface area contributed by atoms with Crippen LogP contribution in [0.4, 0.5) is 0 Å². The number of nitrogens with one attached hydrogen (secondary N) is 1. The van der Waals surface area contributed by atoms with Crippen molar-refractivity contribution < 1.29 is 13.2 Å². The minimum atomic E-state index is -3.76. The van der Waals surface area contributed by atoms with Crippen molar-refractivity contribution >= 4 is 15.9 Å². The summed E-state index contributed by atoms with van der Waals surface area (Å²) in [5, 5.41) is 0. The third kappa shape index (κ3) is 3.32. The highest BCUT2D eigenvalue weighted by Gasteiger charge is 2.22. The van der Waals surface area contributed by atoms with E-state index in [4.69, 9.17) is 0 Å². The van der Waals surface area contributed by atoms with Crippen LogP contribution < -0.4 is 4.72 Å². The molecule has 1 aromatic carbocycles. The third-order valence-electron chi connectivity index (χ3n) is 2.91. The van der Waals surface area contributed by atoms with Crippen molar-refractivity contribution in [2.45, 2.75) is 39.0 Å². The van der Waals surface area contributed by atoms with Crippen molar-refractivity contribution in [2.75, 3.05) is 0 Å². The Labute approximate surface area is 108 Å². The number of rotatable bonds is 4. The summed E-state index contributed by atoms with van der Waals surface area (Å²) >= 11 is 0. The van der Waals surface area contributed by atoms with Crippen molar-refractivity contribution in [3.8, 4) is 0 Å². The van der Waals surface area contributed by atoms with Gasteiger partial charge in [0.2, 0.25) is 5.91 Å². The molecule has 0 spiro atoms. The number of carbonyl (C=O) groups is 1. The van der Waals surface area contributed by atoms with Gasteiger partial charge in [0.05, 0.1) is 4.90 Å². The number of amides is 1. The van der Waals surface area contributed by atoms with Gasteiger partial charge in [-0.25, -0.2) is 13.1 Å². The molecule has 1 rings (SSSR count). The van der Waals surface area contributed by atoms with Crippen LogP contribution in [0.2, 0.25) is 0 Å². The van der Waals surface area contributed by atoms with E-state index in [0.717, 1.165) is 5.56 Å². The molecule has 5 heteroatoms. The zero-order chi connectivity index (χ0) is 13.9. The van der Waals surface area contributed by atoms with E-state index in [9.17, 15) is 13.2 Å². The van der Waals surface area contributed by atoms with Crippen LogP contribution >= 0.6 is 0 Å². The zero-order valence-corrected chi connectivity index (χ0v) is 12.0. The maximum Gasteiger partial charge on any atom is 0.264 e. The Morgan fingerprint density at radius 2 is 1.94 bits per heavy atom. The predicted molar refractivity (Wildman–Crippen MR) is 70.7 cm³/mol. The smallest absolute Gasteiger partial charge is 0.264 e. The number of benzene rings is 1. The van der Waals surface area contributed by atoms with Crippen LogP contribution in [0.25, 0.3) is 0 Å². The van der Waals surface area contributed by atoms with Crippen LogP contribution in [0.5, 0.6) is 0 Å². The molecular formula is C13H19NO3S. The molecule has 0 aliphatic carbocycles. The lowest BCUT2D eigenvalue weighted by atomic mass is 10.1. The molecule has 1 amide bonds. The van der Waals surface area contributed by atoms with Gasteiger partial charge >= 0.3 is 0 Å². The summed E-state index contributed by atoms with van der Waals surface area (Å²) in [6.45, 7) is 7.15. The van der Waals surface area contributed by atoms with E-state index < -0.39 is 15.9 Å². The fourth-order valence-corrected chi connectivity index (χ4v) is 2.88. The molecular weight excluding hydrogens is 250 g/mol. The molecule has 1 unspecified atom stereocenters. The van der Waals surface area contributed by atoms with Gasteiger partial charge in [-0.3, -0.25) is 4.79 Å². The Hall–Kier alpha value is -1.36. The number of hydrogen-bond donors (Lipinski definition) is 1. The predicted octanol–water partition coefficient (Wildman–Crippen LogP) is 2.15. The highest BCUT2D eigenvalue weighted by molar-refractivity contribution is 7.90. The van der Waals surface area contributed by atoms with Gasteiger partial charge in [-0.15, -0.1) is 0 Å². The average Bonchev–Trinajstić information content (AvgIpc) is 2.26. The molecule has 18 heavy (non-hydrogen) atoms. The first-order valence-electron chi connectivity index (χ1n) is 5.92. The van der Waals surface area contributed by atoms with Crippen LogP contribution in [-0.4, -0.2) is 14.3 Å². The summed E-state index contributed by atoms with van der Waals surface area (Å²) in [6.07, 6.45) is 0.605. The van der Waals surface area contributed by atoms with Gasteiger partial charge in [-0.2, -0.15) is 0 Å². The van der Waals surface area contributed by atoms with Crippen molar-refractivity contribution in [3.63, 3.8) is 0 Å². The molecule has 0 fully saturated rings. The van der Waals surface area contributed by atoms with E-state index in [0.29, 0.717) is 12.0 Å². The Morgan fingerprint density at radius 1 is 1.33 bits per heavy atom. The summed E-state index contributed by atoms with van der Waals surface area (Å²) in [4.78, 5) is 11.8. The van der Waals surface area contributed by atoms with E-state index in [-0.39, 0.29) is 10.8 Å². The maximum absolute atomic E-state index is 12.1. The molecule has 1 aromatic rings. The topological polar surface area (TPSA) is 63.2 Å². The van der Waals surface area contributed by atoms with Crippen molar-refractivity contribution in [1.29, 1.82) is 0 Å². The summed E-state index contributed by atoms with van der Waals surface area (Å²) in [6, 6.07) is 5.02. The van der Waals surface area contributed by atoms with Crippen LogP contribution in [0.1, 0.15) is 31.4 Å². The molecule has 0 aliphatic heterocycles. The van der Waals surface area contributed by atoms with Gasteiger partial charge in [-0.1, -0.05) is 31.5 Å². The Balaban J connectivity index is 3.04. The fourth-order valence-electron chi connectivity index (χ4n) is 1.57. The monoisotopic (exact) mass is 269 g/mol. The number of aryl methyl sites for hydroxylation is 2. The minimum absolute atomic E-state index is 0.157. The molecule has 1 atom stereocenters. The summed E-state index contributed by atoms with van der Waals surface area (Å²) in [5.74, 6) is -0.775. The van der Waals surface area contributed by atoms with Crippen LogP contribution in [-0.2, 0) is 14.8 Å². The van der Waals surface area contributed by atoms with E-state index in [2.05, 4.69) is 4.72 Å². The second-order valence-corrected chi connectivity index (χ2v) is 6.20.